The highest BCUT2D eigenvalue weighted by Gasteiger charge is 2.27. The van der Waals surface area contributed by atoms with Crippen molar-refractivity contribution in [2.24, 2.45) is 0 Å². The SMILES string of the molecule is Cc1cc2c(cc1F)OC(C(=O)Nc1ccc(C(C)(C)C)c(O)c1)CN2. The summed E-state index contributed by atoms with van der Waals surface area (Å²) in [6.07, 6.45) is -0.797. The monoisotopic (exact) mass is 358 g/mol. The maximum absolute atomic E-state index is 13.7. The lowest BCUT2D eigenvalue weighted by Gasteiger charge is -2.27. The Labute approximate surface area is 152 Å². The first-order valence-corrected chi connectivity index (χ1v) is 8.50. The molecule has 5 nitrogen and oxygen atoms in total. The Morgan fingerprint density at radius 3 is 2.69 bits per heavy atom. The summed E-state index contributed by atoms with van der Waals surface area (Å²) in [4.78, 5) is 12.5. The molecule has 2 aromatic rings. The normalized spacial score (nSPS) is 16.3. The number of fused-ring (bicyclic) bond motifs is 1. The summed E-state index contributed by atoms with van der Waals surface area (Å²) in [6.45, 7) is 7.94. The molecule has 1 unspecified atom stereocenters. The van der Waals surface area contributed by atoms with Crippen molar-refractivity contribution in [3.63, 3.8) is 0 Å². The lowest BCUT2D eigenvalue weighted by atomic mass is 9.86. The number of carbonyl (C=O) groups excluding carboxylic acids is 1. The highest BCUT2D eigenvalue weighted by atomic mass is 19.1. The van der Waals surface area contributed by atoms with E-state index in [0.29, 0.717) is 22.7 Å². The molecule has 1 amide bonds. The molecule has 0 radical (unpaired) electrons. The molecule has 2 aromatic carbocycles. The number of amides is 1. The predicted octanol–water partition coefficient (Wildman–Crippen LogP) is 3.95. The van der Waals surface area contributed by atoms with Gasteiger partial charge >= 0.3 is 0 Å². The molecule has 1 atom stereocenters. The fraction of sp³-hybridized carbons (Fsp3) is 0.350. The maximum atomic E-state index is 13.7. The van der Waals surface area contributed by atoms with E-state index < -0.39 is 6.10 Å². The zero-order chi connectivity index (χ0) is 19.1. The van der Waals surface area contributed by atoms with Gasteiger partial charge in [0, 0.05) is 17.8 Å². The minimum atomic E-state index is -0.797. The van der Waals surface area contributed by atoms with E-state index in [2.05, 4.69) is 10.6 Å². The zero-order valence-corrected chi connectivity index (χ0v) is 15.3. The molecule has 0 aliphatic carbocycles. The summed E-state index contributed by atoms with van der Waals surface area (Å²) >= 11 is 0. The fourth-order valence-corrected chi connectivity index (χ4v) is 2.91. The number of aryl methyl sites for hydroxylation is 1. The number of benzene rings is 2. The first-order chi connectivity index (χ1) is 12.1. The van der Waals surface area contributed by atoms with Crippen molar-refractivity contribution in [1.29, 1.82) is 0 Å². The highest BCUT2D eigenvalue weighted by molar-refractivity contribution is 5.95. The second-order valence-electron chi connectivity index (χ2n) is 7.56. The van der Waals surface area contributed by atoms with Crippen LogP contribution in [-0.2, 0) is 10.2 Å². The topological polar surface area (TPSA) is 70.6 Å². The van der Waals surface area contributed by atoms with Gasteiger partial charge in [-0.25, -0.2) is 4.39 Å². The number of phenols is 1. The standard InChI is InChI=1S/C20H23FN2O3/c1-11-7-15-17(9-14(11)21)26-18(10-22-15)19(25)23-12-5-6-13(16(24)8-12)20(2,3)4/h5-9,18,22,24H,10H2,1-4H3,(H,23,25). The Bertz CT molecular complexity index is 859. The van der Waals surface area contributed by atoms with Gasteiger partial charge < -0.3 is 20.5 Å². The Morgan fingerprint density at radius 2 is 2.04 bits per heavy atom. The molecule has 0 saturated heterocycles. The van der Waals surface area contributed by atoms with E-state index in [1.54, 1.807) is 25.1 Å². The summed E-state index contributed by atoms with van der Waals surface area (Å²) in [6, 6.07) is 7.98. The number of hydrogen-bond donors (Lipinski definition) is 3. The summed E-state index contributed by atoms with van der Waals surface area (Å²) in [5.41, 5.74) is 2.25. The summed E-state index contributed by atoms with van der Waals surface area (Å²) < 4.78 is 19.4. The van der Waals surface area contributed by atoms with Gasteiger partial charge in [0.1, 0.15) is 17.3 Å². The highest BCUT2D eigenvalue weighted by Crippen LogP contribution is 2.34. The third kappa shape index (κ3) is 3.59. The van der Waals surface area contributed by atoms with E-state index >= 15 is 0 Å². The lowest BCUT2D eigenvalue weighted by molar-refractivity contribution is -0.122. The molecule has 3 rings (SSSR count). The molecule has 1 heterocycles. The molecule has 1 aliphatic rings. The van der Waals surface area contributed by atoms with Crippen molar-refractivity contribution in [1.82, 2.24) is 0 Å². The van der Waals surface area contributed by atoms with Crippen LogP contribution in [0.2, 0.25) is 0 Å². The van der Waals surface area contributed by atoms with Gasteiger partial charge in [0.05, 0.1) is 12.2 Å². The van der Waals surface area contributed by atoms with Crippen LogP contribution in [-0.4, -0.2) is 23.7 Å². The number of phenolic OH excluding ortho intramolecular Hbond substituents is 1. The number of rotatable bonds is 2. The molecule has 1 aliphatic heterocycles. The van der Waals surface area contributed by atoms with Crippen LogP contribution < -0.4 is 15.4 Å². The quantitative estimate of drug-likeness (QED) is 0.760. The predicted molar refractivity (Wildman–Crippen MR) is 99.5 cm³/mol. The van der Waals surface area contributed by atoms with Crippen molar-refractivity contribution in [2.45, 2.75) is 39.2 Å². The molecular formula is C20H23FN2O3. The summed E-state index contributed by atoms with van der Waals surface area (Å²) in [7, 11) is 0. The van der Waals surface area contributed by atoms with E-state index in [1.807, 2.05) is 20.8 Å². The Morgan fingerprint density at radius 1 is 1.31 bits per heavy atom. The molecule has 0 aromatic heterocycles. The number of hydrogen-bond acceptors (Lipinski definition) is 4. The van der Waals surface area contributed by atoms with E-state index in [9.17, 15) is 14.3 Å². The molecule has 6 heteroatoms. The average Bonchev–Trinajstić information content (AvgIpc) is 2.54. The third-order valence-corrected chi connectivity index (χ3v) is 4.37. The van der Waals surface area contributed by atoms with Gasteiger partial charge in [0.15, 0.2) is 6.10 Å². The van der Waals surface area contributed by atoms with E-state index in [0.717, 1.165) is 5.56 Å². The van der Waals surface area contributed by atoms with Crippen molar-refractivity contribution in [3.05, 3.63) is 47.3 Å². The Hall–Kier alpha value is -2.76. The number of aromatic hydroxyl groups is 1. The minimum absolute atomic E-state index is 0.126. The van der Waals surface area contributed by atoms with Crippen LogP contribution >= 0.6 is 0 Å². The fourth-order valence-electron chi connectivity index (χ4n) is 2.91. The second kappa shape index (κ2) is 6.52. The first-order valence-electron chi connectivity index (χ1n) is 8.50. The number of anilines is 2. The van der Waals surface area contributed by atoms with Crippen LogP contribution in [0.15, 0.2) is 30.3 Å². The molecule has 0 spiro atoms. The molecular weight excluding hydrogens is 335 g/mol. The van der Waals surface area contributed by atoms with Gasteiger partial charge in [-0.2, -0.15) is 0 Å². The molecule has 138 valence electrons. The largest absolute Gasteiger partial charge is 0.508 e. The number of nitrogens with one attached hydrogen (secondary N) is 2. The molecule has 0 saturated carbocycles. The number of halogens is 1. The van der Waals surface area contributed by atoms with Crippen molar-refractivity contribution >= 4 is 17.3 Å². The number of carbonyl (C=O) groups is 1. The van der Waals surface area contributed by atoms with E-state index in [-0.39, 0.29) is 29.4 Å². The van der Waals surface area contributed by atoms with Gasteiger partial charge in [-0.3, -0.25) is 4.79 Å². The smallest absolute Gasteiger partial charge is 0.267 e. The Kier molecular flexibility index (Phi) is 4.52. The van der Waals surface area contributed by atoms with Gasteiger partial charge in [-0.1, -0.05) is 26.8 Å². The minimum Gasteiger partial charge on any atom is -0.508 e. The molecule has 0 fully saturated rings. The lowest BCUT2D eigenvalue weighted by Crippen LogP contribution is -2.41. The summed E-state index contributed by atoms with van der Waals surface area (Å²) in [5.74, 6) is -0.312. The van der Waals surface area contributed by atoms with Gasteiger partial charge in [0.2, 0.25) is 0 Å². The third-order valence-electron chi connectivity index (χ3n) is 4.37. The van der Waals surface area contributed by atoms with Crippen LogP contribution in [0.3, 0.4) is 0 Å². The van der Waals surface area contributed by atoms with Crippen molar-refractivity contribution < 1.29 is 19.0 Å². The molecule has 0 bridgehead atoms. The van der Waals surface area contributed by atoms with Crippen LogP contribution in [0.4, 0.5) is 15.8 Å². The molecule has 26 heavy (non-hydrogen) atoms. The average molecular weight is 358 g/mol. The van der Waals surface area contributed by atoms with Gasteiger partial charge in [-0.15, -0.1) is 0 Å². The van der Waals surface area contributed by atoms with Crippen LogP contribution in [0.5, 0.6) is 11.5 Å². The Balaban J connectivity index is 1.73. The van der Waals surface area contributed by atoms with Crippen LogP contribution in [0.1, 0.15) is 31.9 Å². The molecule has 3 N–H and O–H groups in total. The number of ether oxygens (including phenoxy) is 1. The summed E-state index contributed by atoms with van der Waals surface area (Å²) in [5, 5.41) is 16.0. The zero-order valence-electron chi connectivity index (χ0n) is 15.3. The van der Waals surface area contributed by atoms with Crippen molar-refractivity contribution in [2.75, 3.05) is 17.2 Å². The second-order valence-corrected chi connectivity index (χ2v) is 7.56. The van der Waals surface area contributed by atoms with Crippen molar-refractivity contribution in [3.8, 4) is 11.5 Å². The van der Waals surface area contributed by atoms with Crippen LogP contribution in [0.25, 0.3) is 0 Å². The van der Waals surface area contributed by atoms with E-state index in [1.165, 1.54) is 12.1 Å². The maximum Gasteiger partial charge on any atom is 0.267 e. The van der Waals surface area contributed by atoms with Gasteiger partial charge in [-0.05, 0) is 35.6 Å². The van der Waals surface area contributed by atoms with Crippen LogP contribution in [0, 0.1) is 12.7 Å². The van der Waals surface area contributed by atoms with Gasteiger partial charge in [0.25, 0.3) is 5.91 Å². The first kappa shape index (κ1) is 18.0. The van der Waals surface area contributed by atoms with E-state index in [4.69, 9.17) is 4.74 Å².